The first-order chi connectivity index (χ1) is 21.1. The molecule has 14 N–H and O–H groups in total. The van der Waals surface area contributed by atoms with Crippen molar-refractivity contribution in [2.24, 2.45) is 0 Å². The molecule has 45 heavy (non-hydrogen) atoms. The molecule has 0 aromatic heterocycles. The maximum absolute atomic E-state index is 10.6. The molecule has 0 spiro atoms. The Labute approximate surface area is 254 Å². The summed E-state index contributed by atoms with van der Waals surface area (Å²) in [5, 5.41) is 140. The average Bonchev–Trinajstić information content (AvgIpc) is 3.03. The van der Waals surface area contributed by atoms with E-state index in [4.69, 9.17) is 28.4 Å². The SMILES string of the molecule is O=C[C@H](O)[C@@H](O)[C@H](O)[C@H](O)CO[C@@H]1OC(CO[C@@H]2OC(CO[C@@H]3OC(CO)[C@@H](O)[C@H](O)C3O)[C@@H](O)[C@H](O)C2O)[C@@H](O)[C@H](O)C1O. The summed E-state index contributed by atoms with van der Waals surface area (Å²) in [6.45, 7) is -2.97. The van der Waals surface area contributed by atoms with Gasteiger partial charge in [0, 0.05) is 0 Å². The van der Waals surface area contributed by atoms with Gasteiger partial charge in [0.2, 0.25) is 0 Å². The van der Waals surface area contributed by atoms with Gasteiger partial charge >= 0.3 is 0 Å². The van der Waals surface area contributed by atoms with Gasteiger partial charge in [-0.25, -0.2) is 0 Å². The lowest BCUT2D eigenvalue weighted by atomic mass is 9.98. The van der Waals surface area contributed by atoms with Crippen LogP contribution in [0.1, 0.15) is 0 Å². The highest BCUT2D eigenvalue weighted by atomic mass is 16.7. The Morgan fingerprint density at radius 2 is 0.911 bits per heavy atom. The van der Waals surface area contributed by atoms with Gasteiger partial charge in [-0.05, 0) is 0 Å². The van der Waals surface area contributed by atoms with Gasteiger partial charge in [-0.1, -0.05) is 0 Å². The predicted octanol–water partition coefficient (Wildman–Crippen LogP) is -9.91. The van der Waals surface area contributed by atoms with Gasteiger partial charge in [0.1, 0.15) is 97.7 Å². The molecule has 0 radical (unpaired) electrons. The highest BCUT2D eigenvalue weighted by molar-refractivity contribution is 5.56. The predicted molar refractivity (Wildman–Crippen MR) is 135 cm³/mol. The lowest BCUT2D eigenvalue weighted by Gasteiger charge is -2.44. The number of carbonyl (C=O) groups is 1. The average molecular weight is 667 g/mol. The van der Waals surface area contributed by atoms with E-state index in [2.05, 4.69) is 0 Å². The molecule has 264 valence electrons. The topological polar surface area (TPSA) is 356 Å². The zero-order valence-electron chi connectivity index (χ0n) is 23.5. The molecule has 0 aromatic carbocycles. The lowest BCUT2D eigenvalue weighted by molar-refractivity contribution is -0.343. The first kappa shape index (κ1) is 38.3. The van der Waals surface area contributed by atoms with Crippen molar-refractivity contribution < 1.29 is 105 Å². The lowest BCUT2D eigenvalue weighted by Crippen LogP contribution is -2.62. The van der Waals surface area contributed by atoms with E-state index in [1.54, 1.807) is 0 Å². The van der Waals surface area contributed by atoms with E-state index >= 15 is 0 Å². The molecule has 3 aliphatic heterocycles. The molecule has 6 unspecified atom stereocenters. The fraction of sp³-hybridized carbons (Fsp3) is 0.958. The second kappa shape index (κ2) is 16.8. The Morgan fingerprint density at radius 3 is 1.31 bits per heavy atom. The van der Waals surface area contributed by atoms with Crippen LogP contribution in [0, 0.1) is 0 Å². The van der Waals surface area contributed by atoms with E-state index in [0.29, 0.717) is 0 Å². The Morgan fingerprint density at radius 1 is 0.533 bits per heavy atom. The molecule has 0 bridgehead atoms. The smallest absolute Gasteiger partial charge is 0.186 e. The molecule has 0 amide bonds. The number of hydrogen-bond donors (Lipinski definition) is 14. The summed E-state index contributed by atoms with van der Waals surface area (Å²) in [6.07, 6.45) is -34.1. The zero-order valence-corrected chi connectivity index (χ0v) is 23.5. The van der Waals surface area contributed by atoms with Crippen LogP contribution in [0.4, 0.5) is 0 Å². The van der Waals surface area contributed by atoms with Crippen molar-refractivity contribution >= 4 is 6.29 Å². The normalized spacial score (nSPS) is 45.4. The minimum atomic E-state index is -2.09. The van der Waals surface area contributed by atoms with Crippen molar-refractivity contribution in [2.45, 2.75) is 117 Å². The van der Waals surface area contributed by atoms with Crippen LogP contribution < -0.4 is 0 Å². The van der Waals surface area contributed by atoms with E-state index in [-0.39, 0.29) is 6.29 Å². The van der Waals surface area contributed by atoms with Crippen LogP contribution in [-0.4, -0.2) is 221 Å². The Bertz CT molecular complexity index is 899. The van der Waals surface area contributed by atoms with Crippen LogP contribution >= 0.6 is 0 Å². The third kappa shape index (κ3) is 8.87. The van der Waals surface area contributed by atoms with Crippen LogP contribution in [0.15, 0.2) is 0 Å². The van der Waals surface area contributed by atoms with Crippen molar-refractivity contribution in [1.82, 2.24) is 0 Å². The fourth-order valence-corrected chi connectivity index (χ4v) is 4.77. The molecular formula is C24H42O21. The first-order valence-electron chi connectivity index (χ1n) is 13.9. The minimum absolute atomic E-state index is 0.0835. The minimum Gasteiger partial charge on any atom is -0.394 e. The molecule has 3 heterocycles. The van der Waals surface area contributed by atoms with Crippen molar-refractivity contribution in [1.29, 1.82) is 0 Å². The summed E-state index contributed by atoms with van der Waals surface area (Å²) >= 11 is 0. The number of ether oxygens (including phenoxy) is 6. The van der Waals surface area contributed by atoms with Crippen molar-refractivity contribution in [3.8, 4) is 0 Å². The van der Waals surface area contributed by atoms with Crippen LogP contribution in [0.3, 0.4) is 0 Å². The monoisotopic (exact) mass is 666 g/mol. The molecule has 3 aliphatic rings. The van der Waals surface area contributed by atoms with Gasteiger partial charge in [-0.2, -0.15) is 0 Å². The summed E-state index contributed by atoms with van der Waals surface area (Å²) in [4.78, 5) is 10.6. The number of aldehydes is 1. The van der Waals surface area contributed by atoms with Gasteiger partial charge in [-0.15, -0.1) is 0 Å². The van der Waals surface area contributed by atoms with Gasteiger partial charge < -0.3 is 105 Å². The van der Waals surface area contributed by atoms with Gasteiger partial charge in [0.05, 0.1) is 26.4 Å². The van der Waals surface area contributed by atoms with Gasteiger partial charge in [-0.3, -0.25) is 0 Å². The van der Waals surface area contributed by atoms with Crippen LogP contribution in [0.5, 0.6) is 0 Å². The number of rotatable bonds is 14. The first-order valence-corrected chi connectivity index (χ1v) is 13.9. The molecule has 21 heteroatoms. The van der Waals surface area contributed by atoms with Crippen LogP contribution in [-0.2, 0) is 33.2 Å². The Kier molecular flexibility index (Phi) is 14.3. The number of carbonyl (C=O) groups excluding carboxylic acids is 1. The van der Waals surface area contributed by atoms with E-state index in [9.17, 15) is 76.3 Å². The Hall–Kier alpha value is -1.13. The molecular weight excluding hydrogens is 624 g/mol. The van der Waals surface area contributed by atoms with E-state index in [1.807, 2.05) is 0 Å². The second-order valence-corrected chi connectivity index (χ2v) is 10.9. The highest BCUT2D eigenvalue weighted by Crippen LogP contribution is 2.28. The molecule has 3 fully saturated rings. The summed E-state index contributed by atoms with van der Waals surface area (Å²) in [7, 11) is 0. The third-order valence-corrected chi connectivity index (χ3v) is 7.70. The highest BCUT2D eigenvalue weighted by Gasteiger charge is 2.49. The maximum atomic E-state index is 10.6. The summed E-state index contributed by atoms with van der Waals surface area (Å²) in [5.74, 6) is 0. The molecule has 3 saturated heterocycles. The number of hydrogen-bond acceptors (Lipinski definition) is 21. The zero-order chi connectivity index (χ0) is 33.7. The number of aliphatic hydroxyl groups excluding tert-OH is 14. The Balaban J connectivity index is 1.58. The van der Waals surface area contributed by atoms with E-state index in [1.165, 1.54) is 0 Å². The van der Waals surface area contributed by atoms with Crippen molar-refractivity contribution in [3.05, 3.63) is 0 Å². The van der Waals surface area contributed by atoms with E-state index < -0.39 is 143 Å². The number of aliphatic hydroxyl groups is 14. The molecule has 0 aromatic rings. The molecule has 0 aliphatic carbocycles. The summed E-state index contributed by atoms with van der Waals surface area (Å²) in [5.41, 5.74) is 0. The summed E-state index contributed by atoms with van der Waals surface area (Å²) in [6, 6.07) is 0. The summed E-state index contributed by atoms with van der Waals surface area (Å²) < 4.78 is 31.9. The second-order valence-electron chi connectivity index (χ2n) is 10.9. The maximum Gasteiger partial charge on any atom is 0.186 e. The molecule has 0 saturated carbocycles. The van der Waals surface area contributed by atoms with Crippen LogP contribution in [0.25, 0.3) is 0 Å². The molecule has 21 nitrogen and oxygen atoms in total. The van der Waals surface area contributed by atoms with Gasteiger partial charge in [0.25, 0.3) is 0 Å². The molecule has 19 atom stereocenters. The quantitative estimate of drug-likeness (QED) is 0.0765. The standard InChI is InChI=1S/C24H42O21/c25-1-6(27)11(29)12(30)7(28)3-40-22-20(38)17(35)14(32)9(44-22)5-42-24-21(39)18(36)15(33)10(45-24)4-41-23-19(37)16(34)13(31)8(2-26)43-23/h1,6-24,26-39H,2-5H2/t6-,7+,8?,9?,10?,11+,12+,13+,14+,15+,16-,17-,18-,19?,20?,21?,22+,23+,24+/m0/s1. The fourth-order valence-electron chi connectivity index (χ4n) is 4.77. The van der Waals surface area contributed by atoms with Crippen LogP contribution in [0.2, 0.25) is 0 Å². The molecule has 3 rings (SSSR count). The van der Waals surface area contributed by atoms with E-state index in [0.717, 1.165) is 0 Å². The van der Waals surface area contributed by atoms with Crippen molar-refractivity contribution in [2.75, 3.05) is 26.4 Å². The largest absolute Gasteiger partial charge is 0.394 e. The van der Waals surface area contributed by atoms with Crippen molar-refractivity contribution in [3.63, 3.8) is 0 Å². The third-order valence-electron chi connectivity index (χ3n) is 7.70. The van der Waals surface area contributed by atoms with Gasteiger partial charge in [0.15, 0.2) is 25.2 Å².